The SMILES string of the molecule is O=C(O)c1n[nH]c2c1CN(CC1CCCCO1)CC2. The molecule has 3 rings (SSSR count). The van der Waals surface area contributed by atoms with Gasteiger partial charge >= 0.3 is 5.97 Å². The molecular formula is C13H19N3O3. The fraction of sp³-hybridized carbons (Fsp3) is 0.692. The molecule has 19 heavy (non-hydrogen) atoms. The minimum Gasteiger partial charge on any atom is -0.476 e. The summed E-state index contributed by atoms with van der Waals surface area (Å²) < 4.78 is 5.75. The molecule has 1 aromatic rings. The predicted octanol–water partition coefficient (Wildman–Crippen LogP) is 1.04. The van der Waals surface area contributed by atoms with Crippen molar-refractivity contribution in [3.63, 3.8) is 0 Å². The Labute approximate surface area is 111 Å². The zero-order chi connectivity index (χ0) is 13.2. The van der Waals surface area contributed by atoms with Crippen molar-refractivity contribution in [2.75, 3.05) is 19.7 Å². The molecule has 1 fully saturated rings. The molecule has 0 amide bonds. The average molecular weight is 265 g/mol. The van der Waals surface area contributed by atoms with E-state index in [4.69, 9.17) is 9.84 Å². The van der Waals surface area contributed by atoms with Crippen molar-refractivity contribution in [1.82, 2.24) is 15.1 Å². The summed E-state index contributed by atoms with van der Waals surface area (Å²) in [7, 11) is 0. The van der Waals surface area contributed by atoms with Crippen LogP contribution in [-0.4, -0.2) is 52.0 Å². The van der Waals surface area contributed by atoms with Crippen LogP contribution in [0.3, 0.4) is 0 Å². The topological polar surface area (TPSA) is 78.4 Å². The van der Waals surface area contributed by atoms with Crippen LogP contribution in [0.4, 0.5) is 0 Å². The Balaban J connectivity index is 1.67. The third-order valence-corrected chi connectivity index (χ3v) is 3.95. The van der Waals surface area contributed by atoms with Gasteiger partial charge in [0.15, 0.2) is 5.69 Å². The zero-order valence-electron chi connectivity index (χ0n) is 10.9. The van der Waals surface area contributed by atoms with Gasteiger partial charge in [0.25, 0.3) is 0 Å². The number of hydrogen-bond acceptors (Lipinski definition) is 4. The van der Waals surface area contributed by atoms with E-state index >= 15 is 0 Å². The fourth-order valence-electron chi connectivity index (χ4n) is 2.92. The first kappa shape index (κ1) is 12.6. The highest BCUT2D eigenvalue weighted by molar-refractivity contribution is 5.87. The van der Waals surface area contributed by atoms with Crippen molar-refractivity contribution in [3.8, 4) is 0 Å². The summed E-state index contributed by atoms with van der Waals surface area (Å²) in [6.45, 7) is 3.35. The number of carbonyl (C=O) groups is 1. The average Bonchev–Trinajstić information content (AvgIpc) is 2.83. The summed E-state index contributed by atoms with van der Waals surface area (Å²) in [5.74, 6) is -0.951. The molecule has 1 aromatic heterocycles. The molecule has 0 saturated carbocycles. The maximum absolute atomic E-state index is 11.1. The second-order valence-electron chi connectivity index (χ2n) is 5.31. The Bertz CT molecular complexity index is 466. The third kappa shape index (κ3) is 2.64. The van der Waals surface area contributed by atoms with Crippen LogP contribution < -0.4 is 0 Å². The lowest BCUT2D eigenvalue weighted by Gasteiger charge is -2.32. The van der Waals surface area contributed by atoms with Gasteiger partial charge in [-0.2, -0.15) is 5.10 Å². The van der Waals surface area contributed by atoms with Crippen molar-refractivity contribution < 1.29 is 14.6 Å². The Morgan fingerprint density at radius 1 is 1.53 bits per heavy atom. The fourth-order valence-corrected chi connectivity index (χ4v) is 2.92. The third-order valence-electron chi connectivity index (χ3n) is 3.95. The Kier molecular flexibility index (Phi) is 3.52. The van der Waals surface area contributed by atoms with E-state index in [9.17, 15) is 4.79 Å². The van der Waals surface area contributed by atoms with Gasteiger partial charge in [-0.1, -0.05) is 0 Å². The number of carboxylic acids is 1. The van der Waals surface area contributed by atoms with Gasteiger partial charge in [0.2, 0.25) is 0 Å². The van der Waals surface area contributed by atoms with Crippen molar-refractivity contribution in [3.05, 3.63) is 17.0 Å². The highest BCUT2D eigenvalue weighted by Crippen LogP contribution is 2.22. The number of nitrogens with zero attached hydrogens (tertiary/aromatic N) is 2. The van der Waals surface area contributed by atoms with Gasteiger partial charge < -0.3 is 9.84 Å². The summed E-state index contributed by atoms with van der Waals surface area (Å²) in [6, 6.07) is 0. The molecule has 1 atom stereocenters. The molecule has 0 spiro atoms. The lowest BCUT2D eigenvalue weighted by atomic mass is 10.0. The summed E-state index contributed by atoms with van der Waals surface area (Å²) in [6.07, 6.45) is 4.64. The van der Waals surface area contributed by atoms with E-state index in [0.717, 1.165) is 50.2 Å². The molecule has 3 heterocycles. The first-order valence-electron chi connectivity index (χ1n) is 6.87. The molecule has 0 aromatic carbocycles. The largest absolute Gasteiger partial charge is 0.476 e. The van der Waals surface area contributed by atoms with Gasteiger partial charge in [0.1, 0.15) is 0 Å². The number of nitrogens with one attached hydrogen (secondary N) is 1. The van der Waals surface area contributed by atoms with E-state index in [1.54, 1.807) is 0 Å². The van der Waals surface area contributed by atoms with Gasteiger partial charge in [-0.25, -0.2) is 4.79 Å². The quantitative estimate of drug-likeness (QED) is 0.853. The van der Waals surface area contributed by atoms with Crippen LogP contribution in [0.15, 0.2) is 0 Å². The van der Waals surface area contributed by atoms with Gasteiger partial charge in [-0.15, -0.1) is 0 Å². The maximum Gasteiger partial charge on any atom is 0.356 e. The van der Waals surface area contributed by atoms with Crippen LogP contribution in [0.25, 0.3) is 0 Å². The van der Waals surface area contributed by atoms with Crippen LogP contribution >= 0.6 is 0 Å². The first-order valence-corrected chi connectivity index (χ1v) is 6.87. The van der Waals surface area contributed by atoms with Crippen molar-refractivity contribution in [2.24, 2.45) is 0 Å². The molecule has 0 radical (unpaired) electrons. The Morgan fingerprint density at radius 2 is 2.42 bits per heavy atom. The zero-order valence-corrected chi connectivity index (χ0v) is 10.9. The standard InChI is InChI=1S/C13H19N3O3/c17-13(18)12-10-8-16(5-4-11(10)14-15-12)7-9-3-1-2-6-19-9/h9H,1-8H2,(H,14,15)(H,17,18). The molecule has 0 bridgehead atoms. The number of hydrogen-bond donors (Lipinski definition) is 2. The highest BCUT2D eigenvalue weighted by atomic mass is 16.5. The molecule has 104 valence electrons. The number of aromatic amines is 1. The van der Waals surface area contributed by atoms with E-state index in [-0.39, 0.29) is 5.69 Å². The number of aromatic nitrogens is 2. The minimum absolute atomic E-state index is 0.171. The normalized spacial score (nSPS) is 24.1. The molecule has 2 aliphatic rings. The highest BCUT2D eigenvalue weighted by Gasteiger charge is 2.27. The number of H-pyrrole nitrogens is 1. The summed E-state index contributed by atoms with van der Waals surface area (Å²) >= 11 is 0. The number of fused-ring (bicyclic) bond motifs is 1. The Morgan fingerprint density at radius 3 is 3.16 bits per heavy atom. The van der Waals surface area contributed by atoms with E-state index in [2.05, 4.69) is 15.1 Å². The number of rotatable bonds is 3. The molecule has 1 saturated heterocycles. The monoisotopic (exact) mass is 265 g/mol. The number of carboxylic acid groups (broad SMARTS) is 1. The van der Waals surface area contributed by atoms with E-state index < -0.39 is 5.97 Å². The van der Waals surface area contributed by atoms with Crippen LogP contribution in [0.1, 0.15) is 41.0 Å². The second-order valence-corrected chi connectivity index (χ2v) is 5.31. The molecule has 2 N–H and O–H groups in total. The van der Waals surface area contributed by atoms with Crippen LogP contribution in [-0.2, 0) is 17.7 Å². The van der Waals surface area contributed by atoms with Gasteiger partial charge in [0.05, 0.1) is 6.10 Å². The molecule has 2 aliphatic heterocycles. The van der Waals surface area contributed by atoms with E-state index in [1.807, 2.05) is 0 Å². The van der Waals surface area contributed by atoms with Crippen LogP contribution in [0, 0.1) is 0 Å². The number of aromatic carboxylic acids is 1. The number of ether oxygens (including phenoxy) is 1. The lowest BCUT2D eigenvalue weighted by molar-refractivity contribution is -0.00809. The van der Waals surface area contributed by atoms with E-state index in [1.165, 1.54) is 6.42 Å². The molecule has 1 unspecified atom stereocenters. The first-order chi connectivity index (χ1) is 9.24. The smallest absolute Gasteiger partial charge is 0.356 e. The molecule has 0 aliphatic carbocycles. The maximum atomic E-state index is 11.1. The van der Waals surface area contributed by atoms with Gasteiger partial charge in [-0.05, 0) is 19.3 Å². The van der Waals surface area contributed by atoms with Crippen molar-refractivity contribution in [2.45, 2.75) is 38.3 Å². The van der Waals surface area contributed by atoms with Crippen molar-refractivity contribution >= 4 is 5.97 Å². The predicted molar refractivity (Wildman–Crippen MR) is 68.1 cm³/mol. The Hall–Kier alpha value is -1.40. The van der Waals surface area contributed by atoms with Gasteiger partial charge in [0, 0.05) is 43.9 Å². The van der Waals surface area contributed by atoms with E-state index in [0.29, 0.717) is 12.6 Å². The summed E-state index contributed by atoms with van der Waals surface area (Å²) in [5.41, 5.74) is 1.98. The molecule has 6 heteroatoms. The van der Waals surface area contributed by atoms with Gasteiger partial charge in [-0.3, -0.25) is 10.00 Å². The second kappa shape index (κ2) is 5.30. The molecular weight excluding hydrogens is 246 g/mol. The van der Waals surface area contributed by atoms with Crippen LogP contribution in [0.2, 0.25) is 0 Å². The minimum atomic E-state index is -0.951. The van der Waals surface area contributed by atoms with Crippen molar-refractivity contribution in [1.29, 1.82) is 0 Å². The summed E-state index contributed by atoms with van der Waals surface area (Å²) in [4.78, 5) is 13.4. The molecule has 6 nitrogen and oxygen atoms in total. The summed E-state index contributed by atoms with van der Waals surface area (Å²) in [5, 5.41) is 15.9. The lowest BCUT2D eigenvalue weighted by Crippen LogP contribution is -2.39. The van der Waals surface area contributed by atoms with Crippen LogP contribution in [0.5, 0.6) is 0 Å².